The van der Waals surface area contributed by atoms with E-state index in [2.05, 4.69) is 53.5 Å². The average Bonchev–Trinajstić information content (AvgIpc) is 2.78. The summed E-state index contributed by atoms with van der Waals surface area (Å²) >= 11 is 0. The van der Waals surface area contributed by atoms with Crippen molar-refractivity contribution in [1.29, 1.82) is 0 Å². The van der Waals surface area contributed by atoms with Crippen molar-refractivity contribution >= 4 is 10.9 Å². The van der Waals surface area contributed by atoms with E-state index in [4.69, 9.17) is 0 Å². The highest BCUT2D eigenvalue weighted by Crippen LogP contribution is 2.27. The fourth-order valence-electron chi connectivity index (χ4n) is 1.95. The molecule has 3 aromatic rings. The zero-order valence-corrected chi connectivity index (χ0v) is 9.07. The molecule has 0 fully saturated rings. The molecule has 0 atom stereocenters. The van der Waals surface area contributed by atoms with Crippen LogP contribution in [0.5, 0.6) is 0 Å². The Bertz CT molecular complexity index is 621. The van der Waals surface area contributed by atoms with E-state index in [9.17, 15) is 0 Å². The average molecular weight is 208 g/mol. The van der Waals surface area contributed by atoms with Gasteiger partial charge in [0.05, 0.1) is 11.7 Å². The summed E-state index contributed by atoms with van der Waals surface area (Å²) in [5, 5.41) is 8.24. The van der Waals surface area contributed by atoms with Gasteiger partial charge in [-0.3, -0.25) is 5.10 Å². The molecule has 0 unspecified atom stereocenters. The van der Waals surface area contributed by atoms with Gasteiger partial charge in [-0.15, -0.1) is 0 Å². The summed E-state index contributed by atoms with van der Waals surface area (Å²) in [6.07, 6.45) is 1.88. The number of hydrogen-bond acceptors (Lipinski definition) is 1. The number of nitrogens with one attached hydrogen (secondary N) is 1. The largest absolute Gasteiger partial charge is 0.278 e. The predicted octanol–water partition coefficient (Wildman–Crippen LogP) is 3.54. The van der Waals surface area contributed by atoms with Crippen LogP contribution in [0.25, 0.3) is 22.0 Å². The van der Waals surface area contributed by atoms with Crippen molar-refractivity contribution in [2.45, 2.75) is 6.92 Å². The number of H-pyrrole nitrogens is 1. The number of nitrogens with zero attached hydrogens (tertiary/aromatic N) is 1. The first-order valence-electron chi connectivity index (χ1n) is 5.34. The highest BCUT2D eigenvalue weighted by atomic mass is 15.1. The number of fused-ring (bicyclic) bond motifs is 1. The molecule has 16 heavy (non-hydrogen) atoms. The highest BCUT2D eigenvalue weighted by Gasteiger charge is 2.04. The molecule has 2 heteroatoms. The van der Waals surface area contributed by atoms with Crippen LogP contribution >= 0.6 is 0 Å². The number of hydrogen-bond donors (Lipinski definition) is 1. The number of rotatable bonds is 1. The molecule has 2 nitrogen and oxygen atoms in total. The van der Waals surface area contributed by atoms with Crippen LogP contribution in [0.4, 0.5) is 0 Å². The van der Waals surface area contributed by atoms with Crippen molar-refractivity contribution in [1.82, 2.24) is 10.2 Å². The molecular weight excluding hydrogens is 196 g/mol. The minimum Gasteiger partial charge on any atom is -0.278 e. The summed E-state index contributed by atoms with van der Waals surface area (Å²) in [4.78, 5) is 0. The van der Waals surface area contributed by atoms with Crippen molar-refractivity contribution in [2.75, 3.05) is 0 Å². The molecule has 0 saturated carbocycles. The van der Waals surface area contributed by atoms with E-state index in [1.54, 1.807) is 0 Å². The summed E-state index contributed by atoms with van der Waals surface area (Å²) in [5.74, 6) is 0. The molecule has 0 amide bonds. The maximum Gasteiger partial charge on any atom is 0.0656 e. The van der Waals surface area contributed by atoms with Gasteiger partial charge in [-0.2, -0.15) is 5.10 Å². The van der Waals surface area contributed by atoms with E-state index in [0.29, 0.717) is 0 Å². The summed E-state index contributed by atoms with van der Waals surface area (Å²) in [5.41, 5.74) is 4.82. The van der Waals surface area contributed by atoms with Crippen LogP contribution < -0.4 is 0 Å². The SMILES string of the molecule is Cc1ccc(-c2cccc3[nH]ncc23)cc1. The van der Waals surface area contributed by atoms with E-state index in [1.807, 2.05) is 12.3 Å². The van der Waals surface area contributed by atoms with Crippen LogP contribution in [0, 0.1) is 6.92 Å². The molecule has 78 valence electrons. The van der Waals surface area contributed by atoms with E-state index in [0.717, 1.165) is 5.52 Å². The molecule has 0 aliphatic heterocycles. The second-order valence-corrected chi connectivity index (χ2v) is 4.00. The molecule has 0 saturated heterocycles. The Morgan fingerprint density at radius 1 is 1.00 bits per heavy atom. The fourth-order valence-corrected chi connectivity index (χ4v) is 1.95. The molecular formula is C14H12N2. The minimum atomic E-state index is 1.08. The number of benzene rings is 2. The summed E-state index contributed by atoms with van der Waals surface area (Å²) in [7, 11) is 0. The molecule has 0 spiro atoms. The van der Waals surface area contributed by atoms with Gasteiger partial charge in [-0.05, 0) is 24.1 Å². The van der Waals surface area contributed by atoms with Crippen LogP contribution in [0.2, 0.25) is 0 Å². The Labute approximate surface area is 93.9 Å². The van der Waals surface area contributed by atoms with Crippen LogP contribution in [-0.2, 0) is 0 Å². The molecule has 3 rings (SSSR count). The first-order valence-corrected chi connectivity index (χ1v) is 5.34. The zero-order chi connectivity index (χ0) is 11.0. The number of aromatic nitrogens is 2. The predicted molar refractivity (Wildman–Crippen MR) is 66.3 cm³/mol. The van der Waals surface area contributed by atoms with Gasteiger partial charge in [0.1, 0.15) is 0 Å². The third kappa shape index (κ3) is 1.39. The monoisotopic (exact) mass is 208 g/mol. The lowest BCUT2D eigenvalue weighted by atomic mass is 10.0. The Morgan fingerprint density at radius 2 is 1.81 bits per heavy atom. The van der Waals surface area contributed by atoms with E-state index < -0.39 is 0 Å². The highest BCUT2D eigenvalue weighted by molar-refractivity contribution is 5.94. The Kier molecular flexibility index (Phi) is 2.00. The molecule has 0 radical (unpaired) electrons. The van der Waals surface area contributed by atoms with Gasteiger partial charge in [0.15, 0.2) is 0 Å². The van der Waals surface area contributed by atoms with Crippen molar-refractivity contribution < 1.29 is 0 Å². The molecule has 1 aromatic heterocycles. The van der Waals surface area contributed by atoms with E-state index in [1.165, 1.54) is 22.1 Å². The molecule has 0 aliphatic carbocycles. The molecule has 1 heterocycles. The van der Waals surface area contributed by atoms with Crippen LogP contribution in [0.15, 0.2) is 48.7 Å². The molecule has 2 aromatic carbocycles. The van der Waals surface area contributed by atoms with Gasteiger partial charge in [0, 0.05) is 5.39 Å². The van der Waals surface area contributed by atoms with Crippen LogP contribution in [0.1, 0.15) is 5.56 Å². The van der Waals surface area contributed by atoms with Crippen molar-refractivity contribution in [3.05, 3.63) is 54.2 Å². The number of aromatic amines is 1. The summed E-state index contributed by atoms with van der Waals surface area (Å²) in [6.45, 7) is 2.10. The van der Waals surface area contributed by atoms with Gasteiger partial charge in [-0.1, -0.05) is 42.0 Å². The smallest absolute Gasteiger partial charge is 0.0656 e. The van der Waals surface area contributed by atoms with Gasteiger partial charge in [-0.25, -0.2) is 0 Å². The maximum atomic E-state index is 4.08. The van der Waals surface area contributed by atoms with Gasteiger partial charge in [0.25, 0.3) is 0 Å². The third-order valence-electron chi connectivity index (χ3n) is 2.85. The lowest BCUT2D eigenvalue weighted by Gasteiger charge is -2.03. The Morgan fingerprint density at radius 3 is 2.62 bits per heavy atom. The lowest BCUT2D eigenvalue weighted by Crippen LogP contribution is -1.79. The van der Waals surface area contributed by atoms with Gasteiger partial charge >= 0.3 is 0 Å². The standard InChI is InChI=1S/C14H12N2/c1-10-5-7-11(8-6-10)12-3-2-4-14-13(12)9-15-16-14/h2-9H,1H3,(H,15,16). The van der Waals surface area contributed by atoms with Crippen LogP contribution in [-0.4, -0.2) is 10.2 Å². The Balaban J connectivity index is 2.25. The summed E-state index contributed by atoms with van der Waals surface area (Å²) < 4.78 is 0. The second kappa shape index (κ2) is 3.49. The topological polar surface area (TPSA) is 28.7 Å². The minimum absolute atomic E-state index is 1.08. The first-order chi connectivity index (χ1) is 7.84. The number of aryl methyl sites for hydroxylation is 1. The van der Waals surface area contributed by atoms with E-state index in [-0.39, 0.29) is 0 Å². The Hall–Kier alpha value is -2.09. The van der Waals surface area contributed by atoms with Gasteiger partial charge < -0.3 is 0 Å². The summed E-state index contributed by atoms with van der Waals surface area (Å²) in [6, 6.07) is 14.8. The quantitative estimate of drug-likeness (QED) is 0.651. The van der Waals surface area contributed by atoms with E-state index >= 15 is 0 Å². The maximum absolute atomic E-state index is 4.08. The normalized spacial score (nSPS) is 10.8. The second-order valence-electron chi connectivity index (χ2n) is 4.00. The first kappa shape index (κ1) is 9.16. The third-order valence-corrected chi connectivity index (χ3v) is 2.85. The lowest BCUT2D eigenvalue weighted by molar-refractivity contribution is 1.12. The molecule has 0 bridgehead atoms. The molecule has 0 aliphatic rings. The van der Waals surface area contributed by atoms with Crippen molar-refractivity contribution in [3.8, 4) is 11.1 Å². The van der Waals surface area contributed by atoms with Crippen LogP contribution in [0.3, 0.4) is 0 Å². The van der Waals surface area contributed by atoms with Crippen molar-refractivity contribution in [2.24, 2.45) is 0 Å². The molecule has 1 N–H and O–H groups in total. The zero-order valence-electron chi connectivity index (χ0n) is 9.07. The van der Waals surface area contributed by atoms with Gasteiger partial charge in [0.2, 0.25) is 0 Å². The van der Waals surface area contributed by atoms with Crippen molar-refractivity contribution in [3.63, 3.8) is 0 Å². The fraction of sp³-hybridized carbons (Fsp3) is 0.0714.